The van der Waals surface area contributed by atoms with Gasteiger partial charge in [0.25, 0.3) is 5.56 Å². The average molecular weight is 442 g/mol. The molecule has 3 heterocycles. The van der Waals surface area contributed by atoms with Crippen LogP contribution >= 0.6 is 11.8 Å². The van der Waals surface area contributed by atoms with Gasteiger partial charge in [0.15, 0.2) is 11.5 Å². The molecule has 9 nitrogen and oxygen atoms in total. The summed E-state index contributed by atoms with van der Waals surface area (Å²) >= 11 is 1.20. The van der Waals surface area contributed by atoms with Crippen LogP contribution in [0.2, 0.25) is 0 Å². The lowest BCUT2D eigenvalue weighted by Gasteiger charge is -2.15. The van der Waals surface area contributed by atoms with Gasteiger partial charge in [-0.3, -0.25) is 18.7 Å². The van der Waals surface area contributed by atoms with E-state index in [1.54, 1.807) is 26.3 Å². The predicted octanol–water partition coefficient (Wildman–Crippen LogP) is 1.42. The maximum absolute atomic E-state index is 12.9. The number of nitrogens with zero attached hydrogens (tertiary/aromatic N) is 5. The summed E-state index contributed by atoms with van der Waals surface area (Å²) in [6.07, 6.45) is 2.02. The van der Waals surface area contributed by atoms with E-state index in [0.717, 1.165) is 30.5 Å². The van der Waals surface area contributed by atoms with E-state index in [1.807, 2.05) is 17.0 Å². The molecule has 1 fully saturated rings. The topological polar surface area (TPSA) is 99.3 Å². The molecule has 1 aliphatic heterocycles. The van der Waals surface area contributed by atoms with Crippen molar-refractivity contribution in [1.82, 2.24) is 24.0 Å². The van der Waals surface area contributed by atoms with Crippen molar-refractivity contribution in [2.24, 2.45) is 14.1 Å². The second kappa shape index (κ2) is 8.54. The number of likely N-dealkylation sites (tertiary alicyclic amines) is 1. The fraction of sp³-hybridized carbons (Fsp3) is 0.381. The Balaban J connectivity index is 1.83. The van der Waals surface area contributed by atoms with Crippen molar-refractivity contribution in [3.8, 4) is 17.1 Å². The minimum Gasteiger partial charge on any atom is -0.497 e. The Kier molecular flexibility index (Phi) is 5.81. The number of fused-ring (bicyclic) bond motifs is 1. The van der Waals surface area contributed by atoms with E-state index >= 15 is 0 Å². The highest BCUT2D eigenvalue weighted by Gasteiger charge is 2.22. The Bertz CT molecular complexity index is 1260. The van der Waals surface area contributed by atoms with E-state index in [1.165, 1.54) is 23.4 Å². The van der Waals surface area contributed by atoms with Gasteiger partial charge in [-0.15, -0.1) is 0 Å². The molecule has 2 aromatic heterocycles. The molecule has 0 atom stereocenters. The van der Waals surface area contributed by atoms with Crippen LogP contribution in [0.4, 0.5) is 0 Å². The second-order valence-corrected chi connectivity index (χ2v) is 8.33. The molecule has 162 valence electrons. The van der Waals surface area contributed by atoms with E-state index < -0.39 is 11.2 Å². The van der Waals surface area contributed by atoms with Crippen LogP contribution in [0.3, 0.4) is 0 Å². The van der Waals surface area contributed by atoms with Crippen molar-refractivity contribution in [2.45, 2.75) is 17.9 Å². The summed E-state index contributed by atoms with van der Waals surface area (Å²) in [6, 6.07) is 7.19. The number of aryl methyl sites for hydroxylation is 1. The first-order chi connectivity index (χ1) is 14.9. The molecule has 0 saturated carbocycles. The molecule has 1 aromatic carbocycles. The normalized spacial score (nSPS) is 13.7. The molecule has 1 amide bonds. The first-order valence-corrected chi connectivity index (χ1v) is 10.9. The Morgan fingerprint density at radius 3 is 2.39 bits per heavy atom. The molecule has 3 aromatic rings. The SMILES string of the molecule is COc1ccc(-c2nc(SCC(=O)N3CCCC3)c3c(=O)n(C)c(=O)n(C)c3n2)cc1. The van der Waals surface area contributed by atoms with E-state index in [9.17, 15) is 14.4 Å². The van der Waals surface area contributed by atoms with Gasteiger partial charge in [0.1, 0.15) is 16.2 Å². The van der Waals surface area contributed by atoms with Crippen LogP contribution < -0.4 is 16.0 Å². The number of rotatable bonds is 5. The number of benzene rings is 1. The maximum Gasteiger partial charge on any atom is 0.332 e. The van der Waals surface area contributed by atoms with Gasteiger partial charge in [-0.25, -0.2) is 14.8 Å². The van der Waals surface area contributed by atoms with Gasteiger partial charge in [0.05, 0.1) is 12.9 Å². The number of methoxy groups -OCH3 is 1. The first-order valence-electron chi connectivity index (χ1n) is 9.93. The van der Waals surface area contributed by atoms with E-state index in [2.05, 4.69) is 9.97 Å². The molecule has 0 radical (unpaired) electrons. The van der Waals surface area contributed by atoms with Gasteiger partial charge in [-0.2, -0.15) is 0 Å². The lowest BCUT2D eigenvalue weighted by atomic mass is 10.2. The van der Waals surface area contributed by atoms with Crippen LogP contribution in [-0.4, -0.2) is 55.9 Å². The summed E-state index contributed by atoms with van der Waals surface area (Å²) in [6.45, 7) is 1.52. The van der Waals surface area contributed by atoms with Crippen molar-refractivity contribution in [3.05, 3.63) is 45.1 Å². The van der Waals surface area contributed by atoms with E-state index in [0.29, 0.717) is 22.2 Å². The van der Waals surface area contributed by atoms with Gasteiger partial charge in [0, 0.05) is 32.7 Å². The number of hydrogen-bond donors (Lipinski definition) is 0. The quantitative estimate of drug-likeness (QED) is 0.436. The number of ether oxygens (including phenoxy) is 1. The zero-order valence-electron chi connectivity index (χ0n) is 17.6. The third kappa shape index (κ3) is 3.95. The summed E-state index contributed by atoms with van der Waals surface area (Å²) in [5.41, 5.74) is 0.00469. The molecule has 0 aliphatic carbocycles. The molecule has 0 bridgehead atoms. The predicted molar refractivity (Wildman–Crippen MR) is 119 cm³/mol. The lowest BCUT2D eigenvalue weighted by molar-refractivity contribution is -0.127. The Labute approximate surface area is 182 Å². The molecule has 4 rings (SSSR count). The second-order valence-electron chi connectivity index (χ2n) is 7.36. The Morgan fingerprint density at radius 2 is 1.74 bits per heavy atom. The summed E-state index contributed by atoms with van der Waals surface area (Å²) in [5, 5.41) is 0.626. The third-order valence-corrected chi connectivity index (χ3v) is 6.37. The van der Waals surface area contributed by atoms with Crippen LogP contribution in [0, 0.1) is 0 Å². The average Bonchev–Trinajstić information content (AvgIpc) is 3.34. The zero-order valence-corrected chi connectivity index (χ0v) is 18.4. The molecule has 31 heavy (non-hydrogen) atoms. The molecule has 1 saturated heterocycles. The van der Waals surface area contributed by atoms with Crippen molar-refractivity contribution in [1.29, 1.82) is 0 Å². The van der Waals surface area contributed by atoms with Crippen LogP contribution in [-0.2, 0) is 18.9 Å². The van der Waals surface area contributed by atoms with Crippen LogP contribution in [0.25, 0.3) is 22.4 Å². The number of aromatic nitrogens is 4. The van der Waals surface area contributed by atoms with Crippen molar-refractivity contribution in [3.63, 3.8) is 0 Å². The first kappa shape index (κ1) is 21.1. The standard InChI is InChI=1S/C21H23N5O4S/c1-24-18-16(20(28)25(2)21(24)29)19(31-12-15(27)26-10-4-5-11-26)23-17(22-18)13-6-8-14(30-3)9-7-13/h6-9H,4-5,10-12H2,1-3H3. The highest BCUT2D eigenvalue weighted by molar-refractivity contribution is 8.00. The fourth-order valence-electron chi connectivity index (χ4n) is 3.59. The molecular weight excluding hydrogens is 418 g/mol. The molecular formula is C21H23N5O4S. The van der Waals surface area contributed by atoms with Crippen LogP contribution in [0.15, 0.2) is 38.9 Å². The number of amides is 1. The summed E-state index contributed by atoms with van der Waals surface area (Å²) in [4.78, 5) is 48.9. The fourth-order valence-corrected chi connectivity index (χ4v) is 4.51. The number of carbonyl (C=O) groups is 1. The van der Waals surface area contributed by atoms with Crippen LogP contribution in [0.1, 0.15) is 12.8 Å². The van der Waals surface area contributed by atoms with Crippen LogP contribution in [0.5, 0.6) is 5.75 Å². The molecule has 1 aliphatic rings. The van der Waals surface area contributed by atoms with Gasteiger partial charge in [-0.05, 0) is 37.1 Å². The number of hydrogen-bond acceptors (Lipinski definition) is 7. The Hall–Kier alpha value is -3.14. The summed E-state index contributed by atoms with van der Waals surface area (Å²) in [5.74, 6) is 1.24. The number of carbonyl (C=O) groups excluding carboxylic acids is 1. The monoisotopic (exact) mass is 441 g/mol. The minimum atomic E-state index is -0.476. The van der Waals surface area contributed by atoms with Crippen molar-refractivity contribution >= 4 is 28.7 Å². The van der Waals surface area contributed by atoms with E-state index in [4.69, 9.17) is 4.74 Å². The Morgan fingerprint density at radius 1 is 1.06 bits per heavy atom. The van der Waals surface area contributed by atoms with Gasteiger partial charge >= 0.3 is 5.69 Å². The van der Waals surface area contributed by atoms with E-state index in [-0.39, 0.29) is 22.7 Å². The van der Waals surface area contributed by atoms with Gasteiger partial charge in [-0.1, -0.05) is 11.8 Å². The smallest absolute Gasteiger partial charge is 0.332 e. The molecule has 0 N–H and O–H groups in total. The minimum absolute atomic E-state index is 0.0157. The van der Waals surface area contributed by atoms with Crippen molar-refractivity contribution in [2.75, 3.05) is 26.0 Å². The molecule has 0 unspecified atom stereocenters. The number of thioether (sulfide) groups is 1. The third-order valence-electron chi connectivity index (χ3n) is 5.41. The largest absolute Gasteiger partial charge is 0.497 e. The molecule has 0 spiro atoms. The lowest BCUT2D eigenvalue weighted by Crippen LogP contribution is -2.37. The molecule has 10 heteroatoms. The van der Waals surface area contributed by atoms with Crippen molar-refractivity contribution < 1.29 is 9.53 Å². The summed E-state index contributed by atoms with van der Waals surface area (Å²) < 4.78 is 7.56. The summed E-state index contributed by atoms with van der Waals surface area (Å²) in [7, 11) is 4.57. The highest BCUT2D eigenvalue weighted by atomic mass is 32.2. The highest BCUT2D eigenvalue weighted by Crippen LogP contribution is 2.27. The van der Waals surface area contributed by atoms with Gasteiger partial charge in [0.2, 0.25) is 5.91 Å². The van der Waals surface area contributed by atoms with Gasteiger partial charge < -0.3 is 9.64 Å². The maximum atomic E-state index is 12.9. The zero-order chi connectivity index (χ0) is 22.1.